The number of hydrogen-bond donors (Lipinski definition) is 2. The number of nitrogens with one attached hydrogen (secondary N) is 2. The molecular formula is C24H11BrN2O. The van der Waals surface area contributed by atoms with Gasteiger partial charge in [-0.3, -0.25) is 10.1 Å². The second-order valence-corrected chi connectivity index (χ2v) is 5.78. The molecule has 2 aromatic rings. The molecule has 0 atom stereocenters. The van der Waals surface area contributed by atoms with Crippen molar-refractivity contribution in [1.29, 1.82) is 0 Å². The Morgan fingerprint density at radius 1 is 0.929 bits per heavy atom. The minimum absolute atomic E-state index is 0.321. The first kappa shape index (κ1) is 20.1. The van der Waals surface area contributed by atoms with Gasteiger partial charge >= 0.3 is 0 Å². The highest BCUT2D eigenvalue weighted by atomic mass is 79.9. The van der Waals surface area contributed by atoms with Crippen LogP contribution in [0.4, 0.5) is 5.69 Å². The lowest BCUT2D eigenvalue weighted by molar-refractivity contribution is 0.0975. The topological polar surface area (TPSA) is 41.1 Å². The number of terminal acetylenes is 1. The highest BCUT2D eigenvalue weighted by Gasteiger charge is 2.13. The summed E-state index contributed by atoms with van der Waals surface area (Å²) in [7, 11) is 1.83. The van der Waals surface area contributed by atoms with E-state index in [2.05, 4.69) is 91.8 Å². The Morgan fingerprint density at radius 2 is 1.57 bits per heavy atom. The predicted octanol–water partition coefficient (Wildman–Crippen LogP) is 2.98. The van der Waals surface area contributed by atoms with Gasteiger partial charge in [0, 0.05) is 69.2 Å². The quantitative estimate of drug-likeness (QED) is 0.576. The Hall–Kier alpha value is -4.19. The third kappa shape index (κ3) is 5.40. The summed E-state index contributed by atoms with van der Waals surface area (Å²) in [6.07, 6.45) is 4.94. The molecule has 0 bridgehead atoms. The first-order valence-electron chi connectivity index (χ1n) is 7.84. The zero-order chi connectivity index (χ0) is 20.2. The zero-order valence-corrected chi connectivity index (χ0v) is 16.3. The lowest BCUT2D eigenvalue weighted by atomic mass is 10.0. The van der Waals surface area contributed by atoms with Crippen LogP contribution < -0.4 is 10.6 Å². The highest BCUT2D eigenvalue weighted by Crippen LogP contribution is 2.32. The SMILES string of the molecule is C#CC#CC#CC#CC#CC#CNC(=O)c1cccc2c(NC)ccc(Br)c12. The molecule has 3 nitrogen and oxygen atoms in total. The van der Waals surface area contributed by atoms with Gasteiger partial charge in [-0.1, -0.05) is 28.1 Å². The Balaban J connectivity index is 2.13. The van der Waals surface area contributed by atoms with Gasteiger partial charge in [0.05, 0.1) is 0 Å². The van der Waals surface area contributed by atoms with Gasteiger partial charge in [0.1, 0.15) is 0 Å². The minimum atomic E-state index is -0.321. The second-order valence-electron chi connectivity index (χ2n) is 4.92. The minimum Gasteiger partial charge on any atom is -0.388 e. The highest BCUT2D eigenvalue weighted by molar-refractivity contribution is 9.10. The molecule has 0 radical (unpaired) electrons. The van der Waals surface area contributed by atoms with Crippen molar-refractivity contribution in [3.63, 3.8) is 0 Å². The molecule has 0 unspecified atom stereocenters. The summed E-state index contributed by atoms with van der Waals surface area (Å²) in [5, 5.41) is 7.37. The van der Waals surface area contributed by atoms with E-state index in [0.717, 1.165) is 20.9 Å². The van der Waals surface area contributed by atoms with E-state index in [1.165, 1.54) is 0 Å². The van der Waals surface area contributed by atoms with Gasteiger partial charge in [-0.25, -0.2) is 0 Å². The maximum absolute atomic E-state index is 12.5. The molecular weight excluding hydrogens is 412 g/mol. The predicted molar refractivity (Wildman–Crippen MR) is 116 cm³/mol. The molecule has 2 N–H and O–H groups in total. The Bertz CT molecular complexity index is 1290. The fourth-order valence-corrected chi connectivity index (χ4v) is 2.77. The number of benzene rings is 2. The number of hydrogen-bond acceptors (Lipinski definition) is 2. The third-order valence-corrected chi connectivity index (χ3v) is 3.98. The molecule has 0 heterocycles. The van der Waals surface area contributed by atoms with E-state index in [1.54, 1.807) is 6.07 Å². The maximum atomic E-state index is 12.5. The number of carbonyl (C=O) groups excluding carboxylic acids is 1. The molecule has 4 heteroatoms. The summed E-state index contributed by atoms with van der Waals surface area (Å²) in [5.74, 6) is 24.0. The summed E-state index contributed by atoms with van der Waals surface area (Å²) in [6.45, 7) is 0. The summed E-state index contributed by atoms with van der Waals surface area (Å²) in [6, 6.07) is 11.8. The average Bonchev–Trinajstić information content (AvgIpc) is 2.72. The number of carbonyl (C=O) groups is 1. The normalized spacial score (nSPS) is 7.75. The van der Waals surface area contributed by atoms with Crippen LogP contribution in [0.1, 0.15) is 10.4 Å². The van der Waals surface area contributed by atoms with Crippen LogP contribution in [0.15, 0.2) is 34.8 Å². The zero-order valence-electron chi connectivity index (χ0n) is 14.8. The third-order valence-electron chi connectivity index (χ3n) is 3.31. The number of halogens is 1. The van der Waals surface area contributed by atoms with Crippen molar-refractivity contribution in [2.75, 3.05) is 12.4 Å². The van der Waals surface area contributed by atoms with Gasteiger partial charge < -0.3 is 5.32 Å². The van der Waals surface area contributed by atoms with Crippen LogP contribution in [-0.4, -0.2) is 13.0 Å². The van der Waals surface area contributed by atoms with Gasteiger partial charge in [0.2, 0.25) is 0 Å². The molecule has 0 spiro atoms. The van der Waals surface area contributed by atoms with E-state index in [-0.39, 0.29) is 5.91 Å². The van der Waals surface area contributed by atoms with Crippen LogP contribution in [0.2, 0.25) is 0 Å². The van der Waals surface area contributed by atoms with Gasteiger partial charge in [-0.2, -0.15) is 0 Å². The lowest BCUT2D eigenvalue weighted by Gasteiger charge is -2.11. The largest absolute Gasteiger partial charge is 0.388 e. The van der Waals surface area contributed by atoms with Crippen LogP contribution in [0.25, 0.3) is 10.8 Å². The van der Waals surface area contributed by atoms with Crippen molar-refractivity contribution in [1.82, 2.24) is 5.32 Å². The fraction of sp³-hybridized carbons (Fsp3) is 0.0417. The van der Waals surface area contributed by atoms with Crippen molar-refractivity contribution in [3.05, 3.63) is 40.4 Å². The Labute approximate surface area is 172 Å². The molecule has 0 saturated heterocycles. The monoisotopic (exact) mass is 422 g/mol. The molecule has 130 valence electrons. The first-order valence-corrected chi connectivity index (χ1v) is 8.63. The van der Waals surface area contributed by atoms with Crippen molar-refractivity contribution < 1.29 is 4.79 Å². The summed E-state index contributed by atoms with van der Waals surface area (Å²) >= 11 is 3.51. The number of amides is 1. The molecule has 0 aliphatic carbocycles. The van der Waals surface area contributed by atoms with Crippen LogP contribution >= 0.6 is 15.9 Å². The molecule has 0 saturated carbocycles. The standard InChI is InChI=1S/C24H11BrN2O/c1-3-4-5-6-7-8-9-10-11-12-18-27-24(28)20-15-13-14-19-22(26-2)17-16-21(25)23(19)20/h1,13-17,26H,2H3,(H,27,28). The Kier molecular flexibility index (Phi) is 7.71. The molecule has 0 aliphatic rings. The second kappa shape index (κ2) is 10.7. The Morgan fingerprint density at radius 3 is 2.21 bits per heavy atom. The fourth-order valence-electron chi connectivity index (χ4n) is 2.21. The van der Waals surface area contributed by atoms with Gasteiger partial charge in [0.25, 0.3) is 5.91 Å². The molecule has 2 rings (SSSR count). The summed E-state index contributed by atoms with van der Waals surface area (Å²) < 4.78 is 0.823. The van der Waals surface area contributed by atoms with Crippen LogP contribution in [-0.2, 0) is 0 Å². The summed E-state index contributed by atoms with van der Waals surface area (Å²) in [4.78, 5) is 12.5. The van der Waals surface area contributed by atoms with E-state index >= 15 is 0 Å². The molecule has 0 aliphatic heterocycles. The van der Waals surface area contributed by atoms with Gasteiger partial charge in [0.15, 0.2) is 0 Å². The number of rotatable bonds is 2. The maximum Gasteiger partial charge on any atom is 0.263 e. The van der Waals surface area contributed by atoms with Crippen LogP contribution in [0.3, 0.4) is 0 Å². The lowest BCUT2D eigenvalue weighted by Crippen LogP contribution is -2.18. The van der Waals surface area contributed by atoms with Crippen LogP contribution in [0, 0.1) is 71.7 Å². The average molecular weight is 423 g/mol. The smallest absolute Gasteiger partial charge is 0.263 e. The number of fused-ring (bicyclic) bond motifs is 1. The first-order chi connectivity index (χ1) is 13.7. The molecule has 0 fully saturated rings. The van der Waals surface area contributed by atoms with Crippen molar-refractivity contribution >= 4 is 38.3 Å². The van der Waals surface area contributed by atoms with Gasteiger partial charge in [-0.05, 0) is 47.8 Å². The van der Waals surface area contributed by atoms with E-state index in [1.807, 2.05) is 31.3 Å². The van der Waals surface area contributed by atoms with Crippen LogP contribution in [0.5, 0.6) is 0 Å². The van der Waals surface area contributed by atoms with E-state index < -0.39 is 0 Å². The molecule has 1 amide bonds. The molecule has 0 aromatic heterocycles. The van der Waals surface area contributed by atoms with E-state index in [9.17, 15) is 4.79 Å². The van der Waals surface area contributed by atoms with E-state index in [4.69, 9.17) is 6.42 Å². The summed E-state index contributed by atoms with van der Waals surface area (Å²) in [5.41, 5.74) is 1.43. The molecule has 2 aromatic carbocycles. The van der Waals surface area contributed by atoms with E-state index in [0.29, 0.717) is 5.56 Å². The van der Waals surface area contributed by atoms with Crippen molar-refractivity contribution in [2.45, 2.75) is 0 Å². The molecule has 28 heavy (non-hydrogen) atoms. The van der Waals surface area contributed by atoms with Gasteiger partial charge in [-0.15, -0.1) is 6.42 Å². The van der Waals surface area contributed by atoms with Crippen molar-refractivity contribution in [3.8, 4) is 71.7 Å². The van der Waals surface area contributed by atoms with Crippen molar-refractivity contribution in [2.24, 2.45) is 0 Å². The number of anilines is 1.